The summed E-state index contributed by atoms with van der Waals surface area (Å²) in [4.78, 5) is 25.9. The van der Waals surface area contributed by atoms with Gasteiger partial charge in [0.25, 0.3) is 11.8 Å². The molecule has 0 fully saturated rings. The van der Waals surface area contributed by atoms with Gasteiger partial charge < -0.3 is 15.1 Å². The molecule has 152 valence electrons. The zero-order valence-corrected chi connectivity index (χ0v) is 16.9. The summed E-state index contributed by atoms with van der Waals surface area (Å²) in [5.74, 6) is -0.182. The first-order chi connectivity index (χ1) is 14.6. The van der Waals surface area contributed by atoms with Crippen molar-refractivity contribution in [2.45, 2.75) is 32.2 Å². The average Bonchev–Trinajstić information content (AvgIpc) is 3.26. The average molecular weight is 400 g/mol. The summed E-state index contributed by atoms with van der Waals surface area (Å²) in [6.07, 6.45) is 5.97. The smallest absolute Gasteiger partial charge is 0.268 e. The first-order valence-corrected chi connectivity index (χ1v) is 10.1. The fourth-order valence-corrected chi connectivity index (χ4v) is 3.79. The molecule has 0 unspecified atom stereocenters. The van der Waals surface area contributed by atoms with Crippen LogP contribution < -0.4 is 10.6 Å². The van der Waals surface area contributed by atoms with E-state index in [1.807, 2.05) is 31.2 Å². The van der Waals surface area contributed by atoms with Gasteiger partial charge in [-0.15, -0.1) is 0 Å². The van der Waals surface area contributed by atoms with Crippen LogP contribution in [0.5, 0.6) is 0 Å². The maximum Gasteiger partial charge on any atom is 0.268 e. The van der Waals surface area contributed by atoms with Crippen molar-refractivity contribution in [3.8, 4) is 0 Å². The molecule has 0 aliphatic heterocycles. The predicted octanol–water partition coefficient (Wildman–Crippen LogP) is 4.55. The van der Waals surface area contributed by atoms with E-state index in [2.05, 4.69) is 22.8 Å². The Labute approximate surface area is 175 Å². The zero-order chi connectivity index (χ0) is 20.9. The SMILES string of the molecule is Cc1cccc(C(=O)N/C(=C\c2ccco2)C(=O)N[C@@H]2CCCc3ccccc32)c1. The number of benzene rings is 2. The summed E-state index contributed by atoms with van der Waals surface area (Å²) < 4.78 is 5.36. The summed E-state index contributed by atoms with van der Waals surface area (Å²) in [5, 5.41) is 5.85. The molecule has 0 bridgehead atoms. The molecule has 30 heavy (non-hydrogen) atoms. The molecular formula is C25H24N2O3. The minimum atomic E-state index is -0.339. The molecule has 2 aromatic carbocycles. The van der Waals surface area contributed by atoms with Gasteiger partial charge in [-0.3, -0.25) is 9.59 Å². The number of fused-ring (bicyclic) bond motifs is 1. The maximum atomic E-state index is 13.1. The molecule has 2 N–H and O–H groups in total. The summed E-state index contributed by atoms with van der Waals surface area (Å²) in [5.41, 5.74) is 4.02. The number of carbonyl (C=O) groups excluding carboxylic acids is 2. The van der Waals surface area contributed by atoms with Crippen molar-refractivity contribution in [2.75, 3.05) is 0 Å². The Morgan fingerprint density at radius 3 is 2.73 bits per heavy atom. The minimum Gasteiger partial charge on any atom is -0.465 e. The van der Waals surface area contributed by atoms with Crippen molar-refractivity contribution < 1.29 is 14.0 Å². The highest BCUT2D eigenvalue weighted by atomic mass is 16.3. The molecule has 1 heterocycles. The first-order valence-electron chi connectivity index (χ1n) is 10.1. The van der Waals surface area contributed by atoms with E-state index < -0.39 is 0 Å². The summed E-state index contributed by atoms with van der Waals surface area (Å²) >= 11 is 0. The number of hydrogen-bond acceptors (Lipinski definition) is 3. The van der Waals surface area contributed by atoms with E-state index in [-0.39, 0.29) is 23.6 Å². The molecule has 2 amide bonds. The van der Waals surface area contributed by atoms with Gasteiger partial charge in [0.05, 0.1) is 12.3 Å². The van der Waals surface area contributed by atoms with E-state index in [1.54, 1.807) is 30.3 Å². The predicted molar refractivity (Wildman–Crippen MR) is 116 cm³/mol. The monoisotopic (exact) mass is 400 g/mol. The zero-order valence-electron chi connectivity index (χ0n) is 16.9. The van der Waals surface area contributed by atoms with Crippen LogP contribution in [0.3, 0.4) is 0 Å². The number of carbonyl (C=O) groups is 2. The molecule has 1 atom stereocenters. The second-order valence-electron chi connectivity index (χ2n) is 7.51. The van der Waals surface area contributed by atoms with E-state index >= 15 is 0 Å². The Morgan fingerprint density at radius 2 is 1.93 bits per heavy atom. The lowest BCUT2D eigenvalue weighted by Gasteiger charge is -2.26. The standard InChI is InChI=1S/C25H24N2O3/c1-17-7-4-10-19(15-17)24(28)27-23(16-20-11-6-14-30-20)25(29)26-22-13-5-9-18-8-2-3-12-21(18)22/h2-4,6-8,10-12,14-16,22H,5,9,13H2,1H3,(H,26,29)(H,27,28)/b23-16-/t22-/m1/s1. The lowest BCUT2D eigenvalue weighted by molar-refractivity contribution is -0.118. The second kappa shape index (κ2) is 8.82. The Balaban J connectivity index is 1.57. The molecular weight excluding hydrogens is 376 g/mol. The molecule has 0 spiro atoms. The van der Waals surface area contributed by atoms with Crippen molar-refractivity contribution in [2.24, 2.45) is 0 Å². The van der Waals surface area contributed by atoms with Crippen LogP contribution in [-0.2, 0) is 11.2 Å². The second-order valence-corrected chi connectivity index (χ2v) is 7.51. The van der Waals surface area contributed by atoms with Crippen LogP contribution in [0, 0.1) is 6.92 Å². The van der Waals surface area contributed by atoms with Crippen LogP contribution in [0.4, 0.5) is 0 Å². The third-order valence-corrected chi connectivity index (χ3v) is 5.28. The maximum absolute atomic E-state index is 13.1. The molecule has 0 saturated carbocycles. The molecule has 1 aliphatic carbocycles. The molecule has 3 aromatic rings. The van der Waals surface area contributed by atoms with Gasteiger partial charge in [0.2, 0.25) is 0 Å². The number of hydrogen-bond donors (Lipinski definition) is 2. The lowest BCUT2D eigenvalue weighted by Crippen LogP contribution is -2.37. The molecule has 0 saturated heterocycles. The van der Waals surface area contributed by atoms with E-state index in [4.69, 9.17) is 4.42 Å². The summed E-state index contributed by atoms with van der Waals surface area (Å²) in [6.45, 7) is 1.92. The molecule has 5 nitrogen and oxygen atoms in total. The molecule has 5 heteroatoms. The van der Waals surface area contributed by atoms with Gasteiger partial charge in [0.1, 0.15) is 11.5 Å². The van der Waals surface area contributed by atoms with Crippen molar-refractivity contribution in [1.29, 1.82) is 0 Å². The number of amides is 2. The van der Waals surface area contributed by atoms with Gasteiger partial charge in [-0.2, -0.15) is 0 Å². The van der Waals surface area contributed by atoms with E-state index in [0.717, 1.165) is 30.4 Å². The third-order valence-electron chi connectivity index (χ3n) is 5.28. The fourth-order valence-electron chi connectivity index (χ4n) is 3.79. The highest BCUT2D eigenvalue weighted by molar-refractivity contribution is 6.05. The van der Waals surface area contributed by atoms with Gasteiger partial charge in [-0.05, 0) is 61.6 Å². The highest BCUT2D eigenvalue weighted by Crippen LogP contribution is 2.29. The number of aryl methyl sites for hydroxylation is 2. The summed E-state index contributed by atoms with van der Waals surface area (Å²) in [7, 11) is 0. The quantitative estimate of drug-likeness (QED) is 0.617. The Bertz CT molecular complexity index is 1080. The highest BCUT2D eigenvalue weighted by Gasteiger charge is 2.24. The molecule has 4 rings (SSSR count). The normalized spacial score (nSPS) is 15.9. The van der Waals surface area contributed by atoms with Crippen LogP contribution in [0.2, 0.25) is 0 Å². The van der Waals surface area contributed by atoms with Crippen molar-refractivity contribution in [3.05, 3.63) is 101 Å². The van der Waals surface area contributed by atoms with Crippen LogP contribution in [0.25, 0.3) is 6.08 Å². The lowest BCUT2D eigenvalue weighted by atomic mass is 9.87. The fraction of sp³-hybridized carbons (Fsp3) is 0.200. The molecule has 1 aromatic heterocycles. The Morgan fingerprint density at radius 1 is 1.07 bits per heavy atom. The van der Waals surface area contributed by atoms with Crippen LogP contribution >= 0.6 is 0 Å². The van der Waals surface area contributed by atoms with Crippen molar-refractivity contribution in [3.63, 3.8) is 0 Å². The van der Waals surface area contributed by atoms with Crippen molar-refractivity contribution in [1.82, 2.24) is 10.6 Å². The Kier molecular flexibility index (Phi) is 5.80. The van der Waals surface area contributed by atoms with Gasteiger partial charge in [0.15, 0.2) is 0 Å². The van der Waals surface area contributed by atoms with E-state index in [9.17, 15) is 9.59 Å². The number of rotatable bonds is 5. The molecule has 0 radical (unpaired) electrons. The minimum absolute atomic E-state index is 0.0849. The third kappa shape index (κ3) is 4.51. The topological polar surface area (TPSA) is 71.3 Å². The van der Waals surface area contributed by atoms with Crippen LogP contribution in [0.15, 0.2) is 77.0 Å². The number of nitrogens with one attached hydrogen (secondary N) is 2. The summed E-state index contributed by atoms with van der Waals surface area (Å²) in [6, 6.07) is 18.8. The van der Waals surface area contributed by atoms with Gasteiger partial charge in [0, 0.05) is 11.6 Å². The number of furan rings is 1. The van der Waals surface area contributed by atoms with Crippen molar-refractivity contribution >= 4 is 17.9 Å². The van der Waals surface area contributed by atoms with Crippen LogP contribution in [-0.4, -0.2) is 11.8 Å². The molecule has 1 aliphatic rings. The van der Waals surface area contributed by atoms with E-state index in [1.165, 1.54) is 11.8 Å². The first kappa shape index (κ1) is 19.7. The van der Waals surface area contributed by atoms with Gasteiger partial charge in [-0.25, -0.2) is 0 Å². The largest absolute Gasteiger partial charge is 0.465 e. The van der Waals surface area contributed by atoms with Gasteiger partial charge >= 0.3 is 0 Å². The van der Waals surface area contributed by atoms with Gasteiger partial charge in [-0.1, -0.05) is 42.0 Å². The van der Waals surface area contributed by atoms with Crippen LogP contribution in [0.1, 0.15) is 51.7 Å². The van der Waals surface area contributed by atoms with E-state index in [0.29, 0.717) is 11.3 Å². The Hall–Kier alpha value is -3.60.